The molecule has 2 amide bonds. The second-order valence-corrected chi connectivity index (χ2v) is 6.39. The number of rotatable bonds is 7. The second kappa shape index (κ2) is 8.11. The van der Waals surface area contributed by atoms with Crippen LogP contribution < -0.4 is 5.32 Å². The molecule has 1 aromatic rings. The lowest BCUT2D eigenvalue weighted by molar-refractivity contribution is -0.128. The standard InChI is InChI=1S/C18H26N2O3/c1-13(2)19-18(22)16-7-5-4-6-15(16)10-14-11-17(21)20(12-14)8-9-23-3/h4-7,13-14H,8-12H2,1-3H3,(H,19,22)/t14-/m0/s1. The van der Waals surface area contributed by atoms with Crippen molar-refractivity contribution in [2.75, 3.05) is 26.8 Å². The molecule has 23 heavy (non-hydrogen) atoms. The van der Waals surface area contributed by atoms with Crippen LogP contribution in [0.2, 0.25) is 0 Å². The van der Waals surface area contributed by atoms with Crippen LogP contribution >= 0.6 is 0 Å². The zero-order valence-corrected chi connectivity index (χ0v) is 14.2. The molecule has 0 saturated carbocycles. The molecule has 2 rings (SSSR count). The van der Waals surface area contributed by atoms with Crippen LogP contribution in [-0.2, 0) is 16.0 Å². The van der Waals surface area contributed by atoms with Gasteiger partial charge in [-0.3, -0.25) is 9.59 Å². The first kappa shape index (κ1) is 17.5. The lowest BCUT2D eigenvalue weighted by atomic mass is 9.94. The highest BCUT2D eigenvalue weighted by atomic mass is 16.5. The van der Waals surface area contributed by atoms with Gasteiger partial charge in [0, 0.05) is 38.2 Å². The Morgan fingerprint density at radius 3 is 2.83 bits per heavy atom. The normalized spacial score (nSPS) is 17.8. The number of carbonyl (C=O) groups excluding carboxylic acids is 2. The number of methoxy groups -OCH3 is 1. The fourth-order valence-electron chi connectivity index (χ4n) is 2.98. The molecule has 1 aliphatic heterocycles. The van der Waals surface area contributed by atoms with E-state index in [-0.39, 0.29) is 23.8 Å². The van der Waals surface area contributed by atoms with Gasteiger partial charge in [-0.25, -0.2) is 0 Å². The molecule has 1 aliphatic rings. The highest BCUT2D eigenvalue weighted by molar-refractivity contribution is 5.95. The third-order valence-electron chi connectivity index (χ3n) is 4.05. The maximum atomic E-state index is 12.3. The van der Waals surface area contributed by atoms with Gasteiger partial charge in [0.25, 0.3) is 5.91 Å². The van der Waals surface area contributed by atoms with Crippen molar-refractivity contribution < 1.29 is 14.3 Å². The summed E-state index contributed by atoms with van der Waals surface area (Å²) in [5, 5.41) is 2.94. The van der Waals surface area contributed by atoms with E-state index in [1.54, 1.807) is 7.11 Å². The minimum atomic E-state index is -0.0452. The number of hydrogen-bond acceptors (Lipinski definition) is 3. The number of carbonyl (C=O) groups is 2. The Labute approximate surface area is 138 Å². The van der Waals surface area contributed by atoms with Gasteiger partial charge in [0.1, 0.15) is 0 Å². The SMILES string of the molecule is COCCN1C[C@@H](Cc2ccccc2C(=O)NC(C)C)CC1=O. The lowest BCUT2D eigenvalue weighted by Crippen LogP contribution is -2.31. The maximum absolute atomic E-state index is 12.3. The molecular formula is C18H26N2O3. The van der Waals surface area contributed by atoms with E-state index >= 15 is 0 Å². The number of nitrogens with one attached hydrogen (secondary N) is 1. The van der Waals surface area contributed by atoms with Gasteiger partial charge in [0.05, 0.1) is 6.61 Å². The minimum absolute atomic E-state index is 0.0452. The molecule has 1 saturated heterocycles. The number of benzene rings is 1. The molecule has 0 aliphatic carbocycles. The van der Waals surface area contributed by atoms with E-state index in [0.717, 1.165) is 18.5 Å². The summed E-state index contributed by atoms with van der Waals surface area (Å²) in [6.07, 6.45) is 1.29. The van der Waals surface area contributed by atoms with Crippen molar-refractivity contribution in [3.8, 4) is 0 Å². The molecule has 1 fully saturated rings. The van der Waals surface area contributed by atoms with Crippen LogP contribution in [0.25, 0.3) is 0 Å². The van der Waals surface area contributed by atoms with E-state index in [1.807, 2.05) is 43.0 Å². The largest absolute Gasteiger partial charge is 0.383 e. The van der Waals surface area contributed by atoms with Crippen LogP contribution in [0.5, 0.6) is 0 Å². The Morgan fingerprint density at radius 2 is 2.13 bits per heavy atom. The van der Waals surface area contributed by atoms with Crippen molar-refractivity contribution in [2.45, 2.75) is 32.7 Å². The van der Waals surface area contributed by atoms with Crippen molar-refractivity contribution in [2.24, 2.45) is 5.92 Å². The highest BCUT2D eigenvalue weighted by Gasteiger charge is 2.30. The number of hydrogen-bond donors (Lipinski definition) is 1. The molecule has 0 unspecified atom stereocenters. The molecule has 0 spiro atoms. The predicted octanol–water partition coefficient (Wildman–Crippen LogP) is 1.86. The molecule has 1 N–H and O–H groups in total. The summed E-state index contributed by atoms with van der Waals surface area (Å²) in [5.41, 5.74) is 1.72. The van der Waals surface area contributed by atoms with Gasteiger partial charge < -0.3 is 15.0 Å². The van der Waals surface area contributed by atoms with Gasteiger partial charge in [-0.1, -0.05) is 18.2 Å². The zero-order chi connectivity index (χ0) is 16.8. The van der Waals surface area contributed by atoms with Gasteiger partial charge in [-0.2, -0.15) is 0 Å². The van der Waals surface area contributed by atoms with Gasteiger partial charge >= 0.3 is 0 Å². The van der Waals surface area contributed by atoms with E-state index in [2.05, 4.69) is 5.32 Å². The third kappa shape index (κ3) is 4.79. The first-order valence-electron chi connectivity index (χ1n) is 8.16. The van der Waals surface area contributed by atoms with Crippen LogP contribution in [0.1, 0.15) is 36.2 Å². The summed E-state index contributed by atoms with van der Waals surface area (Å²) in [6.45, 7) is 5.84. The first-order chi connectivity index (χ1) is 11.0. The van der Waals surface area contributed by atoms with Crippen molar-refractivity contribution in [1.29, 1.82) is 0 Å². The fourth-order valence-corrected chi connectivity index (χ4v) is 2.98. The zero-order valence-electron chi connectivity index (χ0n) is 14.2. The first-order valence-corrected chi connectivity index (χ1v) is 8.16. The second-order valence-electron chi connectivity index (χ2n) is 6.39. The topological polar surface area (TPSA) is 58.6 Å². The van der Waals surface area contributed by atoms with Gasteiger partial charge in [0.15, 0.2) is 0 Å². The van der Waals surface area contributed by atoms with E-state index < -0.39 is 0 Å². The van der Waals surface area contributed by atoms with E-state index in [1.165, 1.54) is 0 Å². The summed E-state index contributed by atoms with van der Waals surface area (Å²) in [5.74, 6) is 0.389. The summed E-state index contributed by atoms with van der Waals surface area (Å²) in [4.78, 5) is 26.2. The van der Waals surface area contributed by atoms with Crippen LogP contribution in [0.3, 0.4) is 0 Å². The van der Waals surface area contributed by atoms with Crippen LogP contribution in [0.15, 0.2) is 24.3 Å². The van der Waals surface area contributed by atoms with E-state index in [9.17, 15) is 9.59 Å². The predicted molar refractivity (Wildman–Crippen MR) is 89.3 cm³/mol. The van der Waals surface area contributed by atoms with Gasteiger partial charge in [-0.05, 0) is 37.8 Å². The quantitative estimate of drug-likeness (QED) is 0.835. The molecule has 126 valence electrons. The average molecular weight is 318 g/mol. The molecule has 5 nitrogen and oxygen atoms in total. The molecule has 0 radical (unpaired) electrons. The Balaban J connectivity index is 2.03. The van der Waals surface area contributed by atoms with E-state index in [0.29, 0.717) is 25.1 Å². The molecule has 0 bridgehead atoms. The van der Waals surface area contributed by atoms with Crippen molar-refractivity contribution >= 4 is 11.8 Å². The lowest BCUT2D eigenvalue weighted by Gasteiger charge is -2.17. The Hall–Kier alpha value is -1.88. The molecule has 1 heterocycles. The van der Waals surface area contributed by atoms with Crippen LogP contribution in [-0.4, -0.2) is 49.6 Å². The molecule has 0 aromatic heterocycles. The Kier molecular flexibility index (Phi) is 6.16. The fraction of sp³-hybridized carbons (Fsp3) is 0.556. The van der Waals surface area contributed by atoms with Gasteiger partial charge in [-0.15, -0.1) is 0 Å². The smallest absolute Gasteiger partial charge is 0.251 e. The van der Waals surface area contributed by atoms with Crippen LogP contribution in [0, 0.1) is 5.92 Å². The average Bonchev–Trinajstić information content (AvgIpc) is 2.84. The molecule has 1 atom stereocenters. The van der Waals surface area contributed by atoms with Crippen molar-refractivity contribution in [1.82, 2.24) is 10.2 Å². The summed E-state index contributed by atoms with van der Waals surface area (Å²) in [7, 11) is 1.64. The number of amides is 2. The van der Waals surface area contributed by atoms with Gasteiger partial charge in [0.2, 0.25) is 5.91 Å². The van der Waals surface area contributed by atoms with Crippen molar-refractivity contribution in [3.63, 3.8) is 0 Å². The van der Waals surface area contributed by atoms with Crippen molar-refractivity contribution in [3.05, 3.63) is 35.4 Å². The number of nitrogens with zero attached hydrogens (tertiary/aromatic N) is 1. The number of ether oxygens (including phenoxy) is 1. The summed E-state index contributed by atoms with van der Waals surface area (Å²) >= 11 is 0. The molecule has 5 heteroatoms. The Bertz CT molecular complexity index is 557. The summed E-state index contributed by atoms with van der Waals surface area (Å²) in [6, 6.07) is 7.77. The Morgan fingerprint density at radius 1 is 1.39 bits per heavy atom. The molecule has 1 aromatic carbocycles. The minimum Gasteiger partial charge on any atom is -0.383 e. The summed E-state index contributed by atoms with van der Waals surface area (Å²) < 4.78 is 5.05. The maximum Gasteiger partial charge on any atom is 0.251 e. The van der Waals surface area contributed by atoms with Crippen LogP contribution in [0.4, 0.5) is 0 Å². The third-order valence-corrected chi connectivity index (χ3v) is 4.05. The highest BCUT2D eigenvalue weighted by Crippen LogP contribution is 2.23. The van der Waals surface area contributed by atoms with E-state index in [4.69, 9.17) is 4.74 Å². The monoisotopic (exact) mass is 318 g/mol. The molecular weight excluding hydrogens is 292 g/mol. The number of likely N-dealkylation sites (tertiary alicyclic amines) is 1.